The fourth-order valence-corrected chi connectivity index (χ4v) is 5.46. The molecule has 0 aliphatic carbocycles. The molecule has 4 aromatic carbocycles. The van der Waals surface area contributed by atoms with Gasteiger partial charge in [0.15, 0.2) is 0 Å². The van der Waals surface area contributed by atoms with Crippen LogP contribution in [0.5, 0.6) is 11.5 Å². The Morgan fingerprint density at radius 1 is 0.725 bits per heavy atom. The Balaban J connectivity index is 1.52. The van der Waals surface area contributed by atoms with E-state index in [-0.39, 0.29) is 25.7 Å². The highest BCUT2D eigenvalue weighted by molar-refractivity contribution is 7.54. The lowest BCUT2D eigenvalue weighted by Crippen LogP contribution is -2.46. The van der Waals surface area contributed by atoms with Gasteiger partial charge in [0.2, 0.25) is 5.91 Å². The van der Waals surface area contributed by atoms with Crippen LogP contribution in [0.1, 0.15) is 12.0 Å². The molecule has 0 aromatic heterocycles. The van der Waals surface area contributed by atoms with E-state index in [2.05, 4.69) is 10.6 Å². The standard InChI is InChI=1S/C31H31N2O6P/c34-30(35)20-21-32-31(36)29(22-24-16-18-26(19-17-24)25-10-4-1-5-11-25)33-23-40(37,38-27-12-6-2-7-13-27)39-28-14-8-3-9-15-28/h1-19,29,33H,20-23H2,(H,32,36)(H,34,35)/t29-/m0/s1. The van der Waals surface area contributed by atoms with Gasteiger partial charge in [-0.25, -0.2) is 4.57 Å². The van der Waals surface area contributed by atoms with Gasteiger partial charge >= 0.3 is 13.6 Å². The van der Waals surface area contributed by atoms with Gasteiger partial charge in [-0.05, 0) is 47.4 Å². The van der Waals surface area contributed by atoms with Crippen LogP contribution < -0.4 is 19.7 Å². The first kappa shape index (κ1) is 28.6. The highest BCUT2D eigenvalue weighted by Gasteiger charge is 2.31. The number of carbonyl (C=O) groups excluding carboxylic acids is 1. The Morgan fingerprint density at radius 2 is 1.23 bits per heavy atom. The number of nitrogens with one attached hydrogen (secondary N) is 2. The molecule has 8 nitrogen and oxygen atoms in total. The highest BCUT2D eigenvalue weighted by atomic mass is 31.2. The Bertz CT molecular complexity index is 1370. The van der Waals surface area contributed by atoms with Gasteiger partial charge in [-0.15, -0.1) is 0 Å². The molecule has 0 aliphatic heterocycles. The number of amides is 1. The Hall–Kier alpha value is -4.39. The number of rotatable bonds is 14. The average Bonchev–Trinajstić information content (AvgIpc) is 2.97. The quantitative estimate of drug-likeness (QED) is 0.169. The molecule has 9 heteroatoms. The van der Waals surface area contributed by atoms with Crippen LogP contribution >= 0.6 is 7.60 Å². The molecule has 4 aromatic rings. The van der Waals surface area contributed by atoms with E-state index in [9.17, 15) is 14.2 Å². The monoisotopic (exact) mass is 558 g/mol. The van der Waals surface area contributed by atoms with E-state index in [4.69, 9.17) is 14.2 Å². The largest absolute Gasteiger partial charge is 0.481 e. The van der Waals surface area contributed by atoms with Crippen molar-refractivity contribution in [3.8, 4) is 22.6 Å². The predicted octanol–water partition coefficient (Wildman–Crippen LogP) is 5.75. The average molecular weight is 559 g/mol. The second kappa shape index (κ2) is 14.1. The maximum Gasteiger partial charge on any atom is 0.444 e. The molecule has 0 saturated carbocycles. The molecule has 206 valence electrons. The van der Waals surface area contributed by atoms with Crippen molar-refractivity contribution < 1.29 is 28.3 Å². The molecule has 0 heterocycles. The summed E-state index contributed by atoms with van der Waals surface area (Å²) in [7, 11) is -3.84. The van der Waals surface area contributed by atoms with Crippen molar-refractivity contribution in [2.45, 2.75) is 18.9 Å². The molecule has 0 aliphatic rings. The zero-order valence-corrected chi connectivity index (χ0v) is 22.7. The highest BCUT2D eigenvalue weighted by Crippen LogP contribution is 2.47. The third-order valence-electron chi connectivity index (χ3n) is 5.96. The van der Waals surface area contributed by atoms with Crippen LogP contribution in [0.15, 0.2) is 115 Å². The van der Waals surface area contributed by atoms with Crippen molar-refractivity contribution in [1.82, 2.24) is 10.6 Å². The van der Waals surface area contributed by atoms with Crippen LogP contribution in [-0.4, -0.2) is 35.9 Å². The molecule has 0 unspecified atom stereocenters. The van der Waals surface area contributed by atoms with E-state index in [0.29, 0.717) is 11.5 Å². The molecule has 0 bridgehead atoms. The van der Waals surface area contributed by atoms with Crippen molar-refractivity contribution in [3.05, 3.63) is 121 Å². The van der Waals surface area contributed by atoms with E-state index in [1.54, 1.807) is 48.5 Å². The SMILES string of the molecule is O=C(O)CCNC(=O)[C@H](Cc1ccc(-c2ccccc2)cc1)NCP(=O)(Oc1ccccc1)Oc1ccccc1. The molecule has 1 atom stereocenters. The number of carboxylic acids is 1. The van der Waals surface area contributed by atoms with Crippen molar-refractivity contribution in [3.63, 3.8) is 0 Å². The first-order chi connectivity index (χ1) is 19.4. The van der Waals surface area contributed by atoms with E-state index in [1.165, 1.54) is 0 Å². The van der Waals surface area contributed by atoms with Gasteiger partial charge in [-0.1, -0.05) is 91.0 Å². The van der Waals surface area contributed by atoms with Crippen molar-refractivity contribution in [2.24, 2.45) is 0 Å². The molecule has 0 radical (unpaired) electrons. The summed E-state index contributed by atoms with van der Waals surface area (Å²) >= 11 is 0. The van der Waals surface area contributed by atoms with Crippen LogP contribution in [0.4, 0.5) is 0 Å². The van der Waals surface area contributed by atoms with Crippen LogP contribution in [-0.2, 0) is 20.6 Å². The molecule has 4 rings (SSSR count). The summed E-state index contributed by atoms with van der Waals surface area (Å²) in [6.45, 7) is -0.0298. The van der Waals surface area contributed by atoms with Gasteiger partial charge in [0.25, 0.3) is 0 Å². The van der Waals surface area contributed by atoms with E-state index < -0.39 is 25.5 Å². The zero-order chi connectivity index (χ0) is 28.2. The van der Waals surface area contributed by atoms with Crippen LogP contribution in [0.3, 0.4) is 0 Å². The minimum atomic E-state index is -3.84. The molecule has 3 N–H and O–H groups in total. The van der Waals surface area contributed by atoms with Gasteiger partial charge in [0, 0.05) is 6.54 Å². The number of para-hydroxylation sites is 2. The lowest BCUT2D eigenvalue weighted by atomic mass is 10.0. The lowest BCUT2D eigenvalue weighted by Gasteiger charge is -2.24. The summed E-state index contributed by atoms with van der Waals surface area (Å²) in [4.78, 5) is 24.1. The summed E-state index contributed by atoms with van der Waals surface area (Å²) < 4.78 is 25.6. The third kappa shape index (κ3) is 8.83. The van der Waals surface area contributed by atoms with Gasteiger partial charge in [0.1, 0.15) is 17.8 Å². The number of hydrogen-bond donors (Lipinski definition) is 3. The first-order valence-electron chi connectivity index (χ1n) is 12.9. The summed E-state index contributed by atoms with van der Waals surface area (Å²) in [6.07, 6.45) is -0.211. The Labute approximate surface area is 233 Å². The predicted molar refractivity (Wildman–Crippen MR) is 154 cm³/mol. The Morgan fingerprint density at radius 3 is 1.75 bits per heavy atom. The normalized spacial score (nSPS) is 11.8. The number of carbonyl (C=O) groups is 2. The van der Waals surface area contributed by atoms with Crippen molar-refractivity contribution >= 4 is 19.5 Å². The molecule has 1 amide bonds. The van der Waals surface area contributed by atoms with Gasteiger partial charge in [-0.2, -0.15) is 0 Å². The summed E-state index contributed by atoms with van der Waals surface area (Å²) in [5, 5.41) is 14.7. The fraction of sp³-hybridized carbons (Fsp3) is 0.161. The first-order valence-corrected chi connectivity index (χ1v) is 14.6. The van der Waals surface area contributed by atoms with Crippen molar-refractivity contribution in [2.75, 3.05) is 12.8 Å². The van der Waals surface area contributed by atoms with Gasteiger partial charge < -0.3 is 19.5 Å². The molecular weight excluding hydrogens is 527 g/mol. The van der Waals surface area contributed by atoms with Gasteiger partial charge in [0.05, 0.1) is 12.5 Å². The Kier molecular flexibility index (Phi) is 10.1. The number of hydrogen-bond acceptors (Lipinski definition) is 6. The minimum Gasteiger partial charge on any atom is -0.481 e. The smallest absolute Gasteiger partial charge is 0.444 e. The van der Waals surface area contributed by atoms with E-state index in [1.807, 2.05) is 66.7 Å². The molecular formula is C31H31N2O6P. The van der Waals surface area contributed by atoms with E-state index >= 15 is 0 Å². The third-order valence-corrected chi connectivity index (χ3v) is 7.51. The topological polar surface area (TPSA) is 114 Å². The summed E-state index contributed by atoms with van der Waals surface area (Å²) in [5.74, 6) is -0.706. The second-order valence-corrected chi connectivity index (χ2v) is 10.9. The number of benzene rings is 4. The lowest BCUT2D eigenvalue weighted by molar-refractivity contribution is -0.137. The molecule has 0 spiro atoms. The number of aliphatic carboxylic acids is 1. The summed E-state index contributed by atoms with van der Waals surface area (Å²) in [6, 6.07) is 34.3. The van der Waals surface area contributed by atoms with Crippen molar-refractivity contribution in [1.29, 1.82) is 0 Å². The molecule has 0 fully saturated rings. The van der Waals surface area contributed by atoms with Crippen LogP contribution in [0.25, 0.3) is 11.1 Å². The van der Waals surface area contributed by atoms with Crippen LogP contribution in [0, 0.1) is 0 Å². The molecule has 0 saturated heterocycles. The maximum absolute atomic E-state index is 13.9. The fourth-order valence-electron chi connectivity index (χ4n) is 3.96. The van der Waals surface area contributed by atoms with E-state index in [0.717, 1.165) is 16.7 Å². The second-order valence-electron chi connectivity index (χ2n) is 9.04. The maximum atomic E-state index is 13.9. The number of carboxylic acid groups (broad SMARTS) is 1. The van der Waals surface area contributed by atoms with Gasteiger partial charge in [-0.3, -0.25) is 14.9 Å². The zero-order valence-electron chi connectivity index (χ0n) is 21.8. The minimum absolute atomic E-state index is 0.0298. The molecule has 40 heavy (non-hydrogen) atoms. The van der Waals surface area contributed by atoms with Crippen LogP contribution in [0.2, 0.25) is 0 Å². The summed E-state index contributed by atoms with van der Waals surface area (Å²) in [5.41, 5.74) is 2.98.